The van der Waals surface area contributed by atoms with Gasteiger partial charge in [0.15, 0.2) is 5.82 Å². The van der Waals surface area contributed by atoms with Crippen molar-refractivity contribution in [2.75, 3.05) is 11.9 Å². The van der Waals surface area contributed by atoms with Gasteiger partial charge in [0.05, 0.1) is 36.3 Å². The summed E-state index contributed by atoms with van der Waals surface area (Å²) >= 11 is 3.06. The number of anilines is 1. The van der Waals surface area contributed by atoms with Gasteiger partial charge in [0.1, 0.15) is 10.0 Å². The first-order valence-electron chi connectivity index (χ1n) is 8.88. The van der Waals surface area contributed by atoms with Crippen molar-refractivity contribution in [2.45, 2.75) is 19.9 Å². The van der Waals surface area contributed by atoms with E-state index in [2.05, 4.69) is 31.4 Å². The molecule has 0 unspecified atom stereocenters. The summed E-state index contributed by atoms with van der Waals surface area (Å²) in [5, 5.41) is 21.6. The van der Waals surface area contributed by atoms with E-state index in [4.69, 9.17) is 4.74 Å². The van der Waals surface area contributed by atoms with Gasteiger partial charge in [0, 0.05) is 6.42 Å². The molecule has 11 nitrogen and oxygen atoms in total. The summed E-state index contributed by atoms with van der Waals surface area (Å²) in [6, 6.07) is 8.99. The number of nitrogens with one attached hydrogen (secondary N) is 1. The lowest BCUT2D eigenvalue weighted by molar-refractivity contribution is -0.390. The van der Waals surface area contributed by atoms with Crippen LogP contribution in [0.1, 0.15) is 23.7 Å². The van der Waals surface area contributed by atoms with Gasteiger partial charge in [0.2, 0.25) is 5.91 Å². The number of esters is 1. The Balaban J connectivity index is 1.79. The third-order valence-corrected chi connectivity index (χ3v) is 4.52. The molecule has 0 aliphatic heterocycles. The zero-order valence-electron chi connectivity index (χ0n) is 15.8. The molecular weight excluding hydrogens is 460 g/mol. The monoisotopic (exact) mass is 476 g/mol. The maximum absolute atomic E-state index is 12.5. The van der Waals surface area contributed by atoms with Crippen molar-refractivity contribution in [1.29, 1.82) is 0 Å². The minimum Gasteiger partial charge on any atom is -0.462 e. The number of hydrogen-bond acceptors (Lipinski definition) is 7. The summed E-state index contributed by atoms with van der Waals surface area (Å²) in [4.78, 5) is 35.1. The molecule has 0 aliphatic carbocycles. The number of para-hydroxylation sites is 1. The van der Waals surface area contributed by atoms with Crippen LogP contribution < -0.4 is 5.32 Å². The van der Waals surface area contributed by atoms with Gasteiger partial charge < -0.3 is 20.2 Å². The lowest BCUT2D eigenvalue weighted by atomic mass is 10.3. The normalized spacial score (nSPS) is 10.6. The van der Waals surface area contributed by atoms with Crippen LogP contribution in [0.25, 0.3) is 5.69 Å². The average molecular weight is 477 g/mol. The fourth-order valence-corrected chi connectivity index (χ4v) is 3.09. The van der Waals surface area contributed by atoms with E-state index in [1.165, 1.54) is 21.8 Å². The van der Waals surface area contributed by atoms with Crippen molar-refractivity contribution in [1.82, 2.24) is 19.6 Å². The smallest absolute Gasteiger partial charge is 0.404 e. The third kappa shape index (κ3) is 4.71. The summed E-state index contributed by atoms with van der Waals surface area (Å²) < 4.78 is 7.99. The number of halogens is 1. The maximum atomic E-state index is 12.5. The van der Waals surface area contributed by atoms with E-state index >= 15 is 0 Å². The van der Waals surface area contributed by atoms with E-state index in [0.29, 0.717) is 5.69 Å². The fraction of sp³-hybridized carbons (Fsp3) is 0.222. The molecule has 0 spiro atoms. The van der Waals surface area contributed by atoms with E-state index in [9.17, 15) is 19.7 Å². The van der Waals surface area contributed by atoms with Crippen LogP contribution >= 0.6 is 15.9 Å². The van der Waals surface area contributed by atoms with Gasteiger partial charge in [-0.25, -0.2) is 9.48 Å². The van der Waals surface area contributed by atoms with Gasteiger partial charge >= 0.3 is 11.8 Å². The van der Waals surface area contributed by atoms with Crippen molar-refractivity contribution in [3.8, 4) is 5.69 Å². The molecule has 3 rings (SSSR count). The Morgan fingerprint density at radius 1 is 1.30 bits per heavy atom. The van der Waals surface area contributed by atoms with Gasteiger partial charge in [-0.3, -0.25) is 4.79 Å². The molecule has 0 aliphatic rings. The number of aryl methyl sites for hydroxylation is 1. The molecule has 0 bridgehead atoms. The lowest BCUT2D eigenvalue weighted by Gasteiger charge is -2.11. The molecule has 0 fully saturated rings. The highest BCUT2D eigenvalue weighted by atomic mass is 79.9. The quantitative estimate of drug-likeness (QED) is 0.300. The third-order valence-electron chi connectivity index (χ3n) is 3.96. The van der Waals surface area contributed by atoms with Crippen LogP contribution in [-0.4, -0.2) is 43.0 Å². The number of nitro groups is 1. The van der Waals surface area contributed by atoms with E-state index in [1.54, 1.807) is 31.2 Å². The molecule has 3 aromatic rings. The topological polar surface area (TPSA) is 134 Å². The number of aromatic nitrogens is 4. The Morgan fingerprint density at radius 3 is 2.67 bits per heavy atom. The first-order chi connectivity index (χ1) is 14.4. The van der Waals surface area contributed by atoms with E-state index in [-0.39, 0.29) is 41.2 Å². The Bertz CT molecular complexity index is 1080. The van der Waals surface area contributed by atoms with E-state index in [1.807, 2.05) is 6.07 Å². The van der Waals surface area contributed by atoms with Gasteiger partial charge in [-0.1, -0.05) is 18.2 Å². The molecule has 12 heteroatoms. The van der Waals surface area contributed by atoms with Crippen LogP contribution in [0.15, 0.2) is 47.2 Å². The predicted molar refractivity (Wildman–Crippen MR) is 109 cm³/mol. The number of nitrogens with zero attached hydrogens (tertiary/aromatic N) is 5. The molecule has 1 amide bonds. The van der Waals surface area contributed by atoms with Gasteiger partial charge in [-0.15, -0.1) is 0 Å². The minimum atomic E-state index is -0.620. The lowest BCUT2D eigenvalue weighted by Crippen LogP contribution is -2.19. The zero-order chi connectivity index (χ0) is 21.7. The second-order valence-corrected chi connectivity index (χ2v) is 6.85. The van der Waals surface area contributed by atoms with Gasteiger partial charge in [-0.05, 0) is 39.9 Å². The number of benzene rings is 1. The SMILES string of the molecule is CCOC(=O)c1cnn(-c2ccccc2)c1NC(=O)CCn1cc(Br)c([N+](=O)[O-])n1. The van der Waals surface area contributed by atoms with Crippen molar-refractivity contribution in [3.05, 3.63) is 62.9 Å². The van der Waals surface area contributed by atoms with Gasteiger partial charge in [0.25, 0.3) is 0 Å². The molecule has 2 aromatic heterocycles. The first kappa shape index (κ1) is 21.2. The predicted octanol–water partition coefficient (Wildman–Crippen LogP) is 2.95. The number of hydrogen-bond donors (Lipinski definition) is 1. The average Bonchev–Trinajstić information content (AvgIpc) is 3.31. The second-order valence-electron chi connectivity index (χ2n) is 5.99. The zero-order valence-corrected chi connectivity index (χ0v) is 17.4. The Hall–Kier alpha value is -3.54. The minimum absolute atomic E-state index is 0.0342. The summed E-state index contributed by atoms with van der Waals surface area (Å²) in [6.07, 6.45) is 2.71. The van der Waals surface area contributed by atoms with E-state index in [0.717, 1.165) is 0 Å². The second kappa shape index (κ2) is 9.31. The molecular formula is C18H17BrN6O5. The highest BCUT2D eigenvalue weighted by Crippen LogP contribution is 2.23. The molecule has 0 saturated heterocycles. The molecule has 0 saturated carbocycles. The summed E-state index contributed by atoms with van der Waals surface area (Å²) in [7, 11) is 0. The highest BCUT2D eigenvalue weighted by molar-refractivity contribution is 9.10. The van der Waals surface area contributed by atoms with Crippen molar-refractivity contribution >= 4 is 39.4 Å². The highest BCUT2D eigenvalue weighted by Gasteiger charge is 2.22. The first-order valence-corrected chi connectivity index (χ1v) is 9.67. The van der Waals surface area contributed by atoms with E-state index < -0.39 is 16.8 Å². The van der Waals surface area contributed by atoms with Crippen molar-refractivity contribution in [3.63, 3.8) is 0 Å². The molecule has 156 valence electrons. The fourth-order valence-electron chi connectivity index (χ4n) is 2.63. The van der Waals surface area contributed by atoms with Crippen LogP contribution in [0.4, 0.5) is 11.6 Å². The number of amides is 1. The van der Waals surface area contributed by atoms with Crippen LogP contribution in [0, 0.1) is 10.1 Å². The van der Waals surface area contributed by atoms with Gasteiger partial charge in [-0.2, -0.15) is 9.78 Å². The van der Waals surface area contributed by atoms with Crippen LogP contribution in [0.2, 0.25) is 0 Å². The number of carbonyl (C=O) groups excluding carboxylic acids is 2. The Morgan fingerprint density at radius 2 is 2.03 bits per heavy atom. The molecule has 1 N–H and O–H groups in total. The molecule has 30 heavy (non-hydrogen) atoms. The standard InChI is InChI=1S/C18H17BrN6O5/c1-2-30-18(27)13-10-20-24(12-6-4-3-5-7-12)16(13)21-15(26)8-9-23-11-14(19)17(22-23)25(28)29/h3-7,10-11H,2,8-9H2,1H3,(H,21,26). The summed E-state index contributed by atoms with van der Waals surface area (Å²) in [5.74, 6) is -1.19. The van der Waals surface area contributed by atoms with Crippen LogP contribution in [-0.2, 0) is 16.1 Å². The molecule has 1 aromatic carbocycles. The summed E-state index contributed by atoms with van der Waals surface area (Å²) in [6.45, 7) is 1.96. The maximum Gasteiger partial charge on any atom is 0.404 e. The van der Waals surface area contributed by atoms with Crippen LogP contribution in [0.5, 0.6) is 0 Å². The number of rotatable bonds is 8. The van der Waals surface area contributed by atoms with Crippen molar-refractivity contribution in [2.24, 2.45) is 0 Å². The van der Waals surface area contributed by atoms with Crippen LogP contribution in [0.3, 0.4) is 0 Å². The number of ether oxygens (including phenoxy) is 1. The molecule has 2 heterocycles. The largest absolute Gasteiger partial charge is 0.462 e. The number of carbonyl (C=O) groups is 2. The summed E-state index contributed by atoms with van der Waals surface area (Å²) in [5.41, 5.74) is 0.765. The van der Waals surface area contributed by atoms with Crippen molar-refractivity contribution < 1.29 is 19.2 Å². The Labute approximate surface area is 178 Å². The molecule has 0 radical (unpaired) electrons. The Kier molecular flexibility index (Phi) is 6.57. The molecule has 0 atom stereocenters.